The molecule has 7 aromatic rings. The fourth-order valence-electron chi connectivity index (χ4n) is 6.64. The molecule has 7 rings (SSSR count). The van der Waals surface area contributed by atoms with Crippen molar-refractivity contribution in [2.45, 2.75) is 40.0 Å². The number of anilines is 6. The van der Waals surface area contributed by atoms with Crippen LogP contribution in [0, 0.1) is 13.8 Å². The van der Waals surface area contributed by atoms with E-state index >= 15 is 0 Å². The molecular formula is C48H44N2. The molecule has 0 aliphatic carbocycles. The van der Waals surface area contributed by atoms with Gasteiger partial charge in [0.2, 0.25) is 0 Å². The monoisotopic (exact) mass is 648 g/mol. The van der Waals surface area contributed by atoms with Crippen molar-refractivity contribution in [3.8, 4) is 0 Å². The Labute approximate surface area is 297 Å². The molecule has 2 heteroatoms. The van der Waals surface area contributed by atoms with Crippen LogP contribution in [0.15, 0.2) is 164 Å². The largest absolute Gasteiger partial charge is 0.310 e. The van der Waals surface area contributed by atoms with Gasteiger partial charge in [-0.15, -0.1) is 0 Å². The Morgan fingerprint density at radius 1 is 0.380 bits per heavy atom. The minimum atomic E-state index is 0.107. The summed E-state index contributed by atoms with van der Waals surface area (Å²) in [5, 5.41) is 2.47. The van der Waals surface area contributed by atoms with Gasteiger partial charge in [-0.05, 0) is 131 Å². The lowest BCUT2D eigenvalue weighted by molar-refractivity contribution is 0.590. The molecule has 0 N–H and O–H groups in total. The normalized spacial score (nSPS) is 11.6. The maximum atomic E-state index is 2.35. The van der Waals surface area contributed by atoms with Crippen LogP contribution < -0.4 is 9.80 Å². The zero-order chi connectivity index (χ0) is 34.7. The van der Waals surface area contributed by atoms with Gasteiger partial charge in [-0.1, -0.05) is 124 Å². The third-order valence-corrected chi connectivity index (χ3v) is 9.23. The highest BCUT2D eigenvalue weighted by Crippen LogP contribution is 2.38. The molecule has 0 heterocycles. The van der Waals surface area contributed by atoms with Crippen molar-refractivity contribution in [2.24, 2.45) is 0 Å². The van der Waals surface area contributed by atoms with Crippen LogP contribution in [0.1, 0.15) is 48.6 Å². The van der Waals surface area contributed by atoms with E-state index in [-0.39, 0.29) is 5.41 Å². The Bertz CT molecular complexity index is 2220. The van der Waals surface area contributed by atoms with Gasteiger partial charge in [-0.2, -0.15) is 0 Å². The number of hydrogen-bond donors (Lipinski definition) is 0. The van der Waals surface area contributed by atoms with E-state index in [0.29, 0.717) is 0 Å². The summed E-state index contributed by atoms with van der Waals surface area (Å²) in [6, 6.07) is 59.2. The maximum Gasteiger partial charge on any atom is 0.0468 e. The Morgan fingerprint density at radius 3 is 1.36 bits per heavy atom. The molecule has 50 heavy (non-hydrogen) atoms. The second-order valence-corrected chi connectivity index (χ2v) is 14.2. The SMILES string of the molecule is Cc1cc(C)cc(N(c2ccc(/C=C/c3ccc(N(c4ccccc4)c4ccc5ccccc5c4)cc3)cc2)c2ccc(C(C)(C)C)cc2)c1. The highest BCUT2D eigenvalue weighted by molar-refractivity contribution is 5.89. The van der Waals surface area contributed by atoms with Crippen molar-refractivity contribution in [1.29, 1.82) is 0 Å². The Kier molecular flexibility index (Phi) is 9.11. The molecule has 0 fully saturated rings. The lowest BCUT2D eigenvalue weighted by Gasteiger charge is -2.27. The third kappa shape index (κ3) is 7.26. The first kappa shape index (κ1) is 32.7. The van der Waals surface area contributed by atoms with Gasteiger partial charge in [0.25, 0.3) is 0 Å². The zero-order valence-corrected chi connectivity index (χ0v) is 29.6. The van der Waals surface area contributed by atoms with E-state index in [1.807, 2.05) is 0 Å². The third-order valence-electron chi connectivity index (χ3n) is 9.23. The first-order chi connectivity index (χ1) is 24.2. The smallest absolute Gasteiger partial charge is 0.0468 e. The summed E-state index contributed by atoms with van der Waals surface area (Å²) in [5.74, 6) is 0. The fourth-order valence-corrected chi connectivity index (χ4v) is 6.64. The minimum Gasteiger partial charge on any atom is -0.310 e. The van der Waals surface area contributed by atoms with Crippen LogP contribution in [-0.4, -0.2) is 0 Å². The van der Waals surface area contributed by atoms with Crippen LogP contribution >= 0.6 is 0 Å². The summed E-state index contributed by atoms with van der Waals surface area (Å²) in [7, 11) is 0. The molecule has 0 atom stereocenters. The van der Waals surface area contributed by atoms with Gasteiger partial charge in [-0.3, -0.25) is 0 Å². The second kappa shape index (κ2) is 13.9. The quantitative estimate of drug-likeness (QED) is 0.151. The van der Waals surface area contributed by atoms with E-state index in [9.17, 15) is 0 Å². The molecule has 0 unspecified atom stereocenters. The fraction of sp³-hybridized carbons (Fsp3) is 0.125. The number of rotatable bonds is 8. The summed E-state index contributed by atoms with van der Waals surface area (Å²) in [6.07, 6.45) is 4.38. The van der Waals surface area contributed by atoms with Gasteiger partial charge in [0.15, 0.2) is 0 Å². The van der Waals surface area contributed by atoms with Gasteiger partial charge < -0.3 is 9.80 Å². The van der Waals surface area contributed by atoms with Crippen molar-refractivity contribution in [2.75, 3.05) is 9.80 Å². The minimum absolute atomic E-state index is 0.107. The van der Waals surface area contributed by atoms with E-state index in [4.69, 9.17) is 0 Å². The average Bonchev–Trinajstić information content (AvgIpc) is 3.12. The average molecular weight is 649 g/mol. The van der Waals surface area contributed by atoms with Gasteiger partial charge in [0, 0.05) is 34.1 Å². The van der Waals surface area contributed by atoms with E-state index in [1.165, 1.54) is 33.2 Å². The summed E-state index contributed by atoms with van der Waals surface area (Å²) in [6.45, 7) is 11.1. The summed E-state index contributed by atoms with van der Waals surface area (Å²) in [5.41, 5.74) is 13.1. The standard InChI is InChI=1S/C48H44N2/c1-35-31-36(2)33-47(32-35)50(45-29-22-41(23-30-45)48(3,4)5)44-26-19-38(20-27-44)16-15-37-17-24-43(25-18-37)49(42-13-7-6-8-14-42)46-28-21-39-11-9-10-12-40(39)34-46/h6-34H,1-5H3/b16-15+. The molecule has 7 aromatic carbocycles. The zero-order valence-electron chi connectivity index (χ0n) is 29.6. The molecule has 0 aliphatic rings. The predicted octanol–water partition coefficient (Wildman–Crippen LogP) is 13.9. The summed E-state index contributed by atoms with van der Waals surface area (Å²) in [4.78, 5) is 4.67. The molecule has 0 bridgehead atoms. The van der Waals surface area contributed by atoms with Crippen molar-refractivity contribution < 1.29 is 0 Å². The van der Waals surface area contributed by atoms with Crippen LogP contribution in [-0.2, 0) is 5.41 Å². The number of fused-ring (bicyclic) bond motifs is 1. The van der Waals surface area contributed by atoms with Crippen molar-refractivity contribution in [3.63, 3.8) is 0 Å². The van der Waals surface area contributed by atoms with Gasteiger partial charge in [-0.25, -0.2) is 0 Å². The second-order valence-electron chi connectivity index (χ2n) is 14.2. The summed E-state index contributed by atoms with van der Waals surface area (Å²) < 4.78 is 0. The molecule has 0 amide bonds. The Balaban J connectivity index is 1.15. The summed E-state index contributed by atoms with van der Waals surface area (Å²) >= 11 is 0. The predicted molar refractivity (Wildman–Crippen MR) is 217 cm³/mol. The maximum absolute atomic E-state index is 2.35. The Hall–Kier alpha value is -5.86. The highest BCUT2D eigenvalue weighted by atomic mass is 15.1. The lowest BCUT2D eigenvalue weighted by atomic mass is 9.87. The molecule has 0 aliphatic heterocycles. The van der Waals surface area contributed by atoms with Gasteiger partial charge in [0.05, 0.1) is 0 Å². The number of nitrogens with zero attached hydrogens (tertiary/aromatic N) is 2. The molecule has 246 valence electrons. The topological polar surface area (TPSA) is 6.48 Å². The van der Waals surface area contributed by atoms with Crippen molar-refractivity contribution in [1.82, 2.24) is 0 Å². The van der Waals surface area contributed by atoms with Crippen LogP contribution in [0.2, 0.25) is 0 Å². The first-order valence-corrected chi connectivity index (χ1v) is 17.4. The van der Waals surface area contributed by atoms with Crippen LogP contribution in [0.25, 0.3) is 22.9 Å². The number of benzene rings is 7. The van der Waals surface area contributed by atoms with Crippen LogP contribution in [0.4, 0.5) is 34.1 Å². The molecule has 0 spiro atoms. The van der Waals surface area contributed by atoms with Crippen molar-refractivity contribution >= 4 is 57.0 Å². The molecule has 0 saturated carbocycles. The van der Waals surface area contributed by atoms with Crippen LogP contribution in [0.3, 0.4) is 0 Å². The molecule has 0 aromatic heterocycles. The number of para-hydroxylation sites is 1. The van der Waals surface area contributed by atoms with Crippen molar-refractivity contribution in [3.05, 3.63) is 192 Å². The molecule has 0 saturated heterocycles. The molecule has 2 nitrogen and oxygen atoms in total. The van der Waals surface area contributed by atoms with Crippen LogP contribution in [0.5, 0.6) is 0 Å². The first-order valence-electron chi connectivity index (χ1n) is 17.4. The highest BCUT2D eigenvalue weighted by Gasteiger charge is 2.17. The van der Waals surface area contributed by atoms with E-state index < -0.39 is 0 Å². The van der Waals surface area contributed by atoms with Gasteiger partial charge in [0.1, 0.15) is 0 Å². The van der Waals surface area contributed by atoms with E-state index in [2.05, 4.69) is 220 Å². The number of aryl methyl sites for hydroxylation is 2. The Morgan fingerprint density at radius 2 is 0.820 bits per heavy atom. The van der Waals surface area contributed by atoms with E-state index in [0.717, 1.165) is 39.6 Å². The van der Waals surface area contributed by atoms with Gasteiger partial charge >= 0.3 is 0 Å². The molecule has 0 radical (unpaired) electrons. The molecular weight excluding hydrogens is 605 g/mol. The lowest BCUT2D eigenvalue weighted by Crippen LogP contribution is -2.13. The number of hydrogen-bond acceptors (Lipinski definition) is 2. The van der Waals surface area contributed by atoms with E-state index in [1.54, 1.807) is 0 Å².